The zero-order valence-corrected chi connectivity index (χ0v) is 17.9. The quantitative estimate of drug-likeness (QED) is 0.676. The van der Waals surface area contributed by atoms with Crippen molar-refractivity contribution in [3.63, 3.8) is 0 Å². The number of allylic oxidation sites excluding steroid dienone is 5. The van der Waals surface area contributed by atoms with Crippen molar-refractivity contribution in [2.75, 3.05) is 13.7 Å². The minimum Gasteiger partial charge on any atom is -0.494 e. The third kappa shape index (κ3) is 4.23. The first-order chi connectivity index (χ1) is 15.5. The highest BCUT2D eigenvalue weighted by atomic mass is 19.2. The molecular formula is C25H23F2N3O2. The van der Waals surface area contributed by atoms with Gasteiger partial charge < -0.3 is 9.64 Å². The smallest absolute Gasteiger partial charge is 0.226 e. The number of carbonyl (C=O) groups is 1. The lowest BCUT2D eigenvalue weighted by atomic mass is 9.92. The molecule has 32 heavy (non-hydrogen) atoms. The Bertz CT molecular complexity index is 1170. The van der Waals surface area contributed by atoms with E-state index in [1.54, 1.807) is 29.4 Å². The van der Waals surface area contributed by atoms with Gasteiger partial charge in [-0.1, -0.05) is 18.2 Å². The summed E-state index contributed by atoms with van der Waals surface area (Å²) in [5.74, 6) is -1.42. The first-order valence-electron chi connectivity index (χ1n) is 10.4. The van der Waals surface area contributed by atoms with Crippen molar-refractivity contribution in [2.24, 2.45) is 4.99 Å². The third-order valence-electron chi connectivity index (χ3n) is 5.57. The highest BCUT2D eigenvalue weighted by Gasteiger charge is 2.28. The molecule has 7 heteroatoms. The van der Waals surface area contributed by atoms with E-state index < -0.39 is 11.6 Å². The summed E-state index contributed by atoms with van der Waals surface area (Å²) in [5, 5.41) is 0. The highest BCUT2D eigenvalue weighted by molar-refractivity contribution is 6.18. The summed E-state index contributed by atoms with van der Waals surface area (Å²) < 4.78 is 34.1. The molecule has 0 bridgehead atoms. The van der Waals surface area contributed by atoms with Gasteiger partial charge in [0.05, 0.1) is 13.7 Å². The standard InChI is InChI=1S/C25H23F2N3O2/c1-16(30-11-5-9-23(30)31)20-12-18(19-7-3-8-21(26)24(19)27)13-22(32-2)25(20)29-15-17-6-4-10-28-14-17/h3-4,6-8,10,12-14H,5,9,11,15H2,1-2H3/b20-16+,29-25?. The average molecular weight is 435 g/mol. The summed E-state index contributed by atoms with van der Waals surface area (Å²) in [4.78, 5) is 23.0. The van der Waals surface area contributed by atoms with Crippen LogP contribution in [0.25, 0.3) is 5.57 Å². The molecule has 0 spiro atoms. The molecule has 1 aromatic heterocycles. The fourth-order valence-corrected chi connectivity index (χ4v) is 3.89. The van der Waals surface area contributed by atoms with Crippen molar-refractivity contribution in [1.29, 1.82) is 0 Å². The predicted molar refractivity (Wildman–Crippen MR) is 118 cm³/mol. The Kier molecular flexibility index (Phi) is 6.25. The van der Waals surface area contributed by atoms with Crippen LogP contribution in [0.3, 0.4) is 0 Å². The van der Waals surface area contributed by atoms with Gasteiger partial charge in [0.15, 0.2) is 11.6 Å². The second kappa shape index (κ2) is 9.26. The number of likely N-dealkylation sites (tertiary alicyclic amines) is 1. The number of methoxy groups -OCH3 is 1. The number of aromatic nitrogens is 1. The second-order valence-electron chi connectivity index (χ2n) is 7.59. The van der Waals surface area contributed by atoms with E-state index >= 15 is 0 Å². The molecule has 0 unspecified atom stereocenters. The molecule has 2 aliphatic rings. The lowest BCUT2D eigenvalue weighted by molar-refractivity contribution is -0.126. The minimum atomic E-state index is -0.935. The maximum Gasteiger partial charge on any atom is 0.226 e. The van der Waals surface area contributed by atoms with Crippen molar-refractivity contribution in [3.05, 3.63) is 94.7 Å². The molecule has 1 fully saturated rings. The summed E-state index contributed by atoms with van der Waals surface area (Å²) >= 11 is 0. The lowest BCUT2D eigenvalue weighted by Crippen LogP contribution is -2.26. The van der Waals surface area contributed by atoms with Gasteiger partial charge in [-0.2, -0.15) is 0 Å². The number of halogens is 2. The van der Waals surface area contributed by atoms with Crippen molar-refractivity contribution in [1.82, 2.24) is 9.88 Å². The molecule has 0 atom stereocenters. The normalized spacial score (nSPS) is 19.2. The van der Waals surface area contributed by atoms with Crippen LogP contribution in [0.2, 0.25) is 0 Å². The van der Waals surface area contributed by atoms with Crippen LogP contribution >= 0.6 is 0 Å². The Balaban J connectivity index is 1.85. The minimum absolute atomic E-state index is 0.0296. The van der Waals surface area contributed by atoms with Crippen LogP contribution in [0, 0.1) is 11.6 Å². The molecule has 5 nitrogen and oxygen atoms in total. The summed E-state index contributed by atoms with van der Waals surface area (Å²) in [6.07, 6.45) is 8.05. The Labute approximate surface area is 185 Å². The van der Waals surface area contributed by atoms with Crippen LogP contribution < -0.4 is 0 Å². The number of pyridine rings is 1. The van der Waals surface area contributed by atoms with Gasteiger partial charge in [-0.05, 0) is 48.8 Å². The number of aliphatic imine (C=N–C) groups is 1. The van der Waals surface area contributed by atoms with Crippen LogP contribution in [-0.4, -0.2) is 35.2 Å². The number of amides is 1. The van der Waals surface area contributed by atoms with E-state index in [9.17, 15) is 13.6 Å². The van der Waals surface area contributed by atoms with E-state index in [4.69, 9.17) is 9.73 Å². The summed E-state index contributed by atoms with van der Waals surface area (Å²) in [6.45, 7) is 2.80. The molecule has 1 amide bonds. The molecule has 0 radical (unpaired) electrons. The van der Waals surface area contributed by atoms with Gasteiger partial charge in [0.2, 0.25) is 5.91 Å². The number of nitrogens with zero attached hydrogens (tertiary/aromatic N) is 3. The Morgan fingerprint density at radius 1 is 1.22 bits per heavy atom. The predicted octanol–water partition coefficient (Wildman–Crippen LogP) is 4.82. The van der Waals surface area contributed by atoms with Crippen molar-refractivity contribution in [2.45, 2.75) is 26.3 Å². The Morgan fingerprint density at radius 2 is 2.06 bits per heavy atom. The summed E-state index contributed by atoms with van der Waals surface area (Å²) in [5.41, 5.74) is 3.37. The van der Waals surface area contributed by atoms with Crippen LogP contribution in [-0.2, 0) is 16.1 Å². The van der Waals surface area contributed by atoms with Gasteiger partial charge in [0, 0.05) is 42.2 Å². The number of hydrogen-bond acceptors (Lipinski definition) is 4. The molecule has 2 heterocycles. The van der Waals surface area contributed by atoms with E-state index in [-0.39, 0.29) is 11.5 Å². The monoisotopic (exact) mass is 435 g/mol. The van der Waals surface area contributed by atoms with Crippen LogP contribution in [0.4, 0.5) is 8.78 Å². The molecule has 1 aromatic carbocycles. The van der Waals surface area contributed by atoms with Crippen LogP contribution in [0.15, 0.2) is 76.9 Å². The molecule has 164 valence electrons. The SMILES string of the molecule is COC1=CC(c2cccc(F)c2F)=C/C(=C(/C)N2CCCC2=O)C1=NCc1cccnc1. The fraction of sp³-hybridized carbons (Fsp3) is 0.240. The van der Waals surface area contributed by atoms with Crippen molar-refractivity contribution < 1.29 is 18.3 Å². The molecule has 4 rings (SSSR count). The van der Waals surface area contributed by atoms with Crippen molar-refractivity contribution in [3.8, 4) is 0 Å². The molecule has 1 saturated heterocycles. The van der Waals surface area contributed by atoms with Gasteiger partial charge in [0.25, 0.3) is 0 Å². The Hall–Kier alpha value is -3.61. The van der Waals surface area contributed by atoms with Gasteiger partial charge in [-0.15, -0.1) is 0 Å². The van der Waals surface area contributed by atoms with Crippen molar-refractivity contribution >= 4 is 17.2 Å². The van der Waals surface area contributed by atoms with E-state index in [1.807, 2.05) is 19.1 Å². The van der Waals surface area contributed by atoms with Crippen LogP contribution in [0.1, 0.15) is 30.9 Å². The van der Waals surface area contributed by atoms with E-state index in [2.05, 4.69) is 4.98 Å². The van der Waals surface area contributed by atoms with Gasteiger partial charge in [0.1, 0.15) is 11.5 Å². The number of benzene rings is 1. The van der Waals surface area contributed by atoms with Gasteiger partial charge in [-0.3, -0.25) is 14.8 Å². The number of ether oxygens (including phenoxy) is 1. The highest BCUT2D eigenvalue weighted by Crippen LogP contribution is 2.33. The van der Waals surface area contributed by atoms with Gasteiger partial charge in [-0.25, -0.2) is 8.78 Å². The summed E-state index contributed by atoms with van der Waals surface area (Å²) in [7, 11) is 1.50. The van der Waals surface area contributed by atoms with E-state index in [1.165, 1.54) is 19.2 Å². The molecular weight excluding hydrogens is 412 g/mol. The topological polar surface area (TPSA) is 54.8 Å². The molecule has 2 aromatic rings. The largest absolute Gasteiger partial charge is 0.494 e. The number of hydrogen-bond donors (Lipinski definition) is 0. The first-order valence-corrected chi connectivity index (χ1v) is 10.4. The maximum absolute atomic E-state index is 14.6. The number of rotatable bonds is 5. The third-order valence-corrected chi connectivity index (χ3v) is 5.57. The van der Waals surface area contributed by atoms with E-state index in [0.717, 1.165) is 18.1 Å². The lowest BCUT2D eigenvalue weighted by Gasteiger charge is -2.24. The molecule has 1 aliphatic heterocycles. The number of carbonyl (C=O) groups excluding carboxylic acids is 1. The second-order valence-corrected chi connectivity index (χ2v) is 7.59. The molecule has 0 saturated carbocycles. The van der Waals surface area contributed by atoms with Crippen LogP contribution in [0.5, 0.6) is 0 Å². The maximum atomic E-state index is 14.6. The first kappa shape index (κ1) is 21.6. The van der Waals surface area contributed by atoms with E-state index in [0.29, 0.717) is 47.8 Å². The zero-order valence-electron chi connectivity index (χ0n) is 17.9. The summed E-state index contributed by atoms with van der Waals surface area (Å²) in [6, 6.07) is 7.80. The Morgan fingerprint density at radius 3 is 2.75 bits per heavy atom. The van der Waals surface area contributed by atoms with Gasteiger partial charge >= 0.3 is 0 Å². The molecule has 0 N–H and O–H groups in total. The zero-order chi connectivity index (χ0) is 22.7. The fourth-order valence-electron chi connectivity index (χ4n) is 3.89. The molecule has 1 aliphatic carbocycles. The average Bonchev–Trinajstić information content (AvgIpc) is 3.25.